The number of fused-ring (bicyclic) bond motifs is 5. The Bertz CT molecular complexity index is 1570. The standard InChI is InChI=1S/C28H28O8/c1-13(2)18(36-32)12-17-21(30)19-20(29)16-11-14-7-9-27(3,4)34-23(14)22(31)26(16)33-25(19)15-8-10-28(5,6)35-24(15)17/h7-11,18,30-32H,1,12H2,2-6H3/t18-/m0/s1. The molecule has 0 saturated heterocycles. The molecule has 0 bridgehead atoms. The second-order valence-electron chi connectivity index (χ2n) is 10.4. The Morgan fingerprint density at radius 2 is 1.67 bits per heavy atom. The minimum atomic E-state index is -0.843. The fraction of sp³-hybridized carbons (Fsp3) is 0.321. The molecule has 5 rings (SSSR count). The lowest BCUT2D eigenvalue weighted by atomic mass is 9.92. The highest BCUT2D eigenvalue weighted by Gasteiger charge is 2.33. The smallest absolute Gasteiger partial charge is 0.204 e. The molecule has 0 spiro atoms. The molecular formula is C28H28O8. The van der Waals surface area contributed by atoms with Gasteiger partial charge in [-0.25, -0.2) is 4.89 Å². The first-order valence-corrected chi connectivity index (χ1v) is 11.6. The summed E-state index contributed by atoms with van der Waals surface area (Å²) in [6, 6.07) is 1.57. The summed E-state index contributed by atoms with van der Waals surface area (Å²) in [5.41, 5.74) is -0.152. The van der Waals surface area contributed by atoms with Crippen molar-refractivity contribution in [1.82, 2.24) is 0 Å². The summed E-state index contributed by atoms with van der Waals surface area (Å²) in [5, 5.41) is 31.9. The SMILES string of the molecule is C=C(C)[C@H](Cc1c2c(c3oc4c(O)c5c(cc4c(=O)c3c1O)C=CC(C)(C)O5)C=CC(C)(C)O2)OO. The number of hydrogen-bond acceptors (Lipinski definition) is 8. The van der Waals surface area contributed by atoms with E-state index in [4.69, 9.17) is 13.9 Å². The maximum Gasteiger partial charge on any atom is 0.204 e. The Kier molecular flexibility index (Phi) is 5.24. The van der Waals surface area contributed by atoms with Gasteiger partial charge in [0, 0.05) is 17.5 Å². The molecule has 0 amide bonds. The molecule has 0 fully saturated rings. The number of phenols is 2. The van der Waals surface area contributed by atoms with E-state index < -0.39 is 22.7 Å². The molecule has 1 atom stereocenters. The third-order valence-electron chi connectivity index (χ3n) is 6.54. The zero-order chi connectivity index (χ0) is 26.2. The van der Waals surface area contributed by atoms with Gasteiger partial charge in [-0.15, -0.1) is 0 Å². The Labute approximate surface area is 207 Å². The van der Waals surface area contributed by atoms with Gasteiger partial charge >= 0.3 is 0 Å². The molecule has 2 aliphatic heterocycles. The minimum absolute atomic E-state index is 0.00155. The van der Waals surface area contributed by atoms with E-state index >= 15 is 0 Å². The highest BCUT2D eigenvalue weighted by Crippen LogP contribution is 2.48. The molecule has 0 aliphatic carbocycles. The van der Waals surface area contributed by atoms with E-state index in [9.17, 15) is 20.3 Å². The predicted molar refractivity (Wildman–Crippen MR) is 137 cm³/mol. The Balaban J connectivity index is 1.88. The molecular weight excluding hydrogens is 464 g/mol. The summed E-state index contributed by atoms with van der Waals surface area (Å²) in [7, 11) is 0. The number of rotatable bonds is 4. The van der Waals surface area contributed by atoms with Gasteiger partial charge in [-0.2, -0.15) is 0 Å². The van der Waals surface area contributed by atoms with Crippen molar-refractivity contribution < 1.29 is 34.2 Å². The van der Waals surface area contributed by atoms with Gasteiger partial charge in [-0.3, -0.25) is 10.1 Å². The summed E-state index contributed by atoms with van der Waals surface area (Å²) in [4.78, 5) is 18.4. The predicted octanol–water partition coefficient (Wildman–Crippen LogP) is 5.70. The van der Waals surface area contributed by atoms with Crippen LogP contribution in [0.3, 0.4) is 0 Å². The molecule has 1 aromatic heterocycles. The van der Waals surface area contributed by atoms with Gasteiger partial charge in [0.15, 0.2) is 16.9 Å². The summed E-state index contributed by atoms with van der Waals surface area (Å²) >= 11 is 0. The van der Waals surface area contributed by atoms with E-state index in [1.54, 1.807) is 25.1 Å². The van der Waals surface area contributed by atoms with Crippen LogP contribution in [0.4, 0.5) is 0 Å². The lowest BCUT2D eigenvalue weighted by Crippen LogP contribution is -2.29. The van der Waals surface area contributed by atoms with Crippen molar-refractivity contribution in [2.45, 2.75) is 58.3 Å². The maximum atomic E-state index is 13.8. The zero-order valence-electron chi connectivity index (χ0n) is 20.8. The molecule has 0 unspecified atom stereocenters. The Hall–Kier alpha value is -3.75. The van der Waals surface area contributed by atoms with Gasteiger partial charge in [-0.05, 0) is 64.5 Å². The highest BCUT2D eigenvalue weighted by molar-refractivity contribution is 6.02. The fourth-order valence-corrected chi connectivity index (χ4v) is 4.59. The summed E-state index contributed by atoms with van der Waals surface area (Å²) in [6.07, 6.45) is 6.32. The first-order valence-electron chi connectivity index (χ1n) is 11.6. The molecule has 36 heavy (non-hydrogen) atoms. The third kappa shape index (κ3) is 3.65. The van der Waals surface area contributed by atoms with Crippen molar-refractivity contribution in [2.75, 3.05) is 0 Å². The van der Waals surface area contributed by atoms with E-state index in [1.165, 1.54) is 0 Å². The molecule has 8 nitrogen and oxygen atoms in total. The molecule has 3 aromatic rings. The van der Waals surface area contributed by atoms with E-state index in [1.807, 2.05) is 39.8 Å². The number of hydrogen-bond donors (Lipinski definition) is 3. The van der Waals surface area contributed by atoms with Crippen molar-refractivity contribution in [3.63, 3.8) is 0 Å². The summed E-state index contributed by atoms with van der Waals surface area (Å²) in [6.45, 7) is 12.9. The normalized spacial score (nSPS) is 17.8. The lowest BCUT2D eigenvalue weighted by Gasteiger charge is -2.31. The second-order valence-corrected chi connectivity index (χ2v) is 10.4. The molecule has 2 aromatic carbocycles. The van der Waals surface area contributed by atoms with Crippen LogP contribution in [0.1, 0.15) is 51.3 Å². The summed E-state index contributed by atoms with van der Waals surface area (Å²) in [5.74, 6) is -0.146. The lowest BCUT2D eigenvalue weighted by molar-refractivity contribution is -0.268. The number of benzene rings is 2. The monoisotopic (exact) mass is 492 g/mol. The van der Waals surface area contributed by atoms with Crippen LogP contribution in [0.2, 0.25) is 0 Å². The van der Waals surface area contributed by atoms with Gasteiger partial charge in [-0.1, -0.05) is 12.7 Å². The minimum Gasteiger partial charge on any atom is -0.507 e. The van der Waals surface area contributed by atoms with E-state index in [0.717, 1.165) is 0 Å². The first kappa shape index (κ1) is 24.0. The fourth-order valence-electron chi connectivity index (χ4n) is 4.59. The van der Waals surface area contributed by atoms with Gasteiger partial charge in [0.05, 0.1) is 10.9 Å². The highest BCUT2D eigenvalue weighted by atomic mass is 17.1. The van der Waals surface area contributed by atoms with Crippen molar-refractivity contribution in [1.29, 1.82) is 0 Å². The van der Waals surface area contributed by atoms with Crippen LogP contribution in [-0.4, -0.2) is 32.8 Å². The van der Waals surface area contributed by atoms with Crippen molar-refractivity contribution in [2.24, 2.45) is 0 Å². The maximum absolute atomic E-state index is 13.8. The van der Waals surface area contributed by atoms with Crippen LogP contribution in [0.5, 0.6) is 23.0 Å². The third-order valence-corrected chi connectivity index (χ3v) is 6.54. The topological polar surface area (TPSA) is 119 Å². The van der Waals surface area contributed by atoms with Crippen LogP contribution < -0.4 is 14.9 Å². The van der Waals surface area contributed by atoms with E-state index in [2.05, 4.69) is 11.5 Å². The van der Waals surface area contributed by atoms with Crippen molar-refractivity contribution in [3.8, 4) is 23.0 Å². The average molecular weight is 493 g/mol. The number of phenolic OH excluding ortho intramolecular Hbond substituents is 2. The van der Waals surface area contributed by atoms with E-state index in [0.29, 0.717) is 16.7 Å². The number of ether oxygens (including phenoxy) is 2. The summed E-state index contributed by atoms with van der Waals surface area (Å²) < 4.78 is 18.3. The molecule has 0 saturated carbocycles. The Morgan fingerprint density at radius 3 is 2.31 bits per heavy atom. The van der Waals surface area contributed by atoms with Crippen LogP contribution in [-0.2, 0) is 11.3 Å². The van der Waals surface area contributed by atoms with Crippen LogP contribution in [0, 0.1) is 0 Å². The van der Waals surface area contributed by atoms with Gasteiger partial charge in [0.2, 0.25) is 11.2 Å². The molecule has 2 aliphatic rings. The van der Waals surface area contributed by atoms with Gasteiger partial charge in [0.1, 0.15) is 34.2 Å². The molecule has 3 heterocycles. The van der Waals surface area contributed by atoms with Crippen LogP contribution in [0.15, 0.2) is 39.6 Å². The first-order chi connectivity index (χ1) is 16.8. The van der Waals surface area contributed by atoms with E-state index in [-0.39, 0.29) is 56.9 Å². The second kappa shape index (κ2) is 7.88. The van der Waals surface area contributed by atoms with Crippen LogP contribution >= 0.6 is 0 Å². The molecule has 188 valence electrons. The number of aromatic hydroxyl groups is 2. The van der Waals surface area contributed by atoms with Crippen molar-refractivity contribution in [3.05, 3.63) is 57.3 Å². The zero-order valence-corrected chi connectivity index (χ0v) is 20.8. The molecule has 0 radical (unpaired) electrons. The molecule has 8 heteroatoms. The van der Waals surface area contributed by atoms with Crippen molar-refractivity contribution >= 4 is 34.1 Å². The Morgan fingerprint density at radius 1 is 1.03 bits per heavy atom. The van der Waals surface area contributed by atoms with Gasteiger partial charge < -0.3 is 24.1 Å². The van der Waals surface area contributed by atoms with Crippen LogP contribution in [0.25, 0.3) is 34.1 Å². The average Bonchev–Trinajstić information content (AvgIpc) is 2.79. The molecule has 3 N–H and O–H groups in total. The quantitative estimate of drug-likeness (QED) is 0.184. The van der Waals surface area contributed by atoms with Gasteiger partial charge in [0.25, 0.3) is 0 Å². The largest absolute Gasteiger partial charge is 0.507 e.